The first-order chi connectivity index (χ1) is 10.5. The highest BCUT2D eigenvalue weighted by molar-refractivity contribution is 6.30. The van der Waals surface area contributed by atoms with E-state index in [1.165, 1.54) is 6.08 Å². The molecule has 0 unspecified atom stereocenters. The monoisotopic (exact) mass is 310 g/mol. The van der Waals surface area contributed by atoms with Crippen molar-refractivity contribution in [3.05, 3.63) is 69.8 Å². The summed E-state index contributed by atoms with van der Waals surface area (Å²) in [4.78, 5) is 12.2. The van der Waals surface area contributed by atoms with E-state index in [2.05, 4.69) is 5.32 Å². The molecule has 0 saturated carbocycles. The largest absolute Gasteiger partial charge is 0.321 e. The van der Waals surface area contributed by atoms with E-state index in [4.69, 9.17) is 11.6 Å². The van der Waals surface area contributed by atoms with E-state index in [1.807, 2.05) is 38.1 Å². The quantitative estimate of drug-likeness (QED) is 0.670. The van der Waals surface area contributed by atoms with Crippen molar-refractivity contribution in [2.75, 3.05) is 5.32 Å². The standard InChI is InChI=1S/C18H15ClN2O/c1-12-7-13(2)9-17(8-12)21-18(22)15(11-20)10-14-3-5-16(19)6-4-14/h3-10H,1-2H3,(H,21,22). The number of amides is 1. The number of rotatable bonds is 3. The Hall–Kier alpha value is -2.57. The molecule has 0 radical (unpaired) electrons. The van der Waals surface area contributed by atoms with Crippen LogP contribution in [-0.4, -0.2) is 5.91 Å². The summed E-state index contributed by atoms with van der Waals surface area (Å²) in [6.45, 7) is 3.91. The minimum Gasteiger partial charge on any atom is -0.321 e. The van der Waals surface area contributed by atoms with Crippen LogP contribution in [0.25, 0.3) is 6.08 Å². The first-order valence-corrected chi connectivity index (χ1v) is 7.13. The van der Waals surface area contributed by atoms with E-state index < -0.39 is 5.91 Å². The van der Waals surface area contributed by atoms with Gasteiger partial charge >= 0.3 is 0 Å². The summed E-state index contributed by atoms with van der Waals surface area (Å²) in [5.41, 5.74) is 3.57. The third-order valence-electron chi connectivity index (χ3n) is 3.03. The molecule has 0 heterocycles. The van der Waals surface area contributed by atoms with E-state index in [0.29, 0.717) is 10.7 Å². The SMILES string of the molecule is Cc1cc(C)cc(NC(=O)C(C#N)=Cc2ccc(Cl)cc2)c1. The Morgan fingerprint density at radius 1 is 1.14 bits per heavy atom. The number of halogens is 1. The zero-order valence-corrected chi connectivity index (χ0v) is 13.1. The maximum Gasteiger partial charge on any atom is 0.266 e. The van der Waals surface area contributed by atoms with Crippen LogP contribution in [0.5, 0.6) is 0 Å². The average Bonchev–Trinajstić information content (AvgIpc) is 2.45. The number of nitrogens with one attached hydrogen (secondary N) is 1. The van der Waals surface area contributed by atoms with Crippen LogP contribution in [0.15, 0.2) is 48.0 Å². The number of nitrogens with zero attached hydrogens (tertiary/aromatic N) is 1. The van der Waals surface area contributed by atoms with Crippen LogP contribution in [0.4, 0.5) is 5.69 Å². The molecule has 3 nitrogen and oxygen atoms in total. The molecule has 0 aliphatic heterocycles. The van der Waals surface area contributed by atoms with Crippen LogP contribution >= 0.6 is 11.6 Å². The fourth-order valence-corrected chi connectivity index (χ4v) is 2.25. The van der Waals surface area contributed by atoms with Crippen LogP contribution in [0.3, 0.4) is 0 Å². The molecule has 0 spiro atoms. The van der Waals surface area contributed by atoms with Gasteiger partial charge in [-0.1, -0.05) is 29.8 Å². The van der Waals surface area contributed by atoms with Crippen molar-refractivity contribution in [3.8, 4) is 6.07 Å². The number of hydrogen-bond donors (Lipinski definition) is 1. The summed E-state index contributed by atoms with van der Waals surface area (Å²) >= 11 is 5.82. The van der Waals surface area contributed by atoms with Gasteiger partial charge < -0.3 is 5.32 Å². The zero-order chi connectivity index (χ0) is 16.1. The molecular weight excluding hydrogens is 296 g/mol. The molecule has 0 fully saturated rings. The summed E-state index contributed by atoms with van der Waals surface area (Å²) in [6.07, 6.45) is 1.54. The lowest BCUT2D eigenvalue weighted by molar-refractivity contribution is -0.112. The van der Waals surface area contributed by atoms with Gasteiger partial charge in [-0.05, 0) is 60.9 Å². The molecule has 2 rings (SSSR count). The van der Waals surface area contributed by atoms with E-state index in [0.717, 1.165) is 16.7 Å². The molecule has 0 bridgehead atoms. The van der Waals surface area contributed by atoms with Gasteiger partial charge in [0.15, 0.2) is 0 Å². The molecule has 0 saturated heterocycles. The summed E-state index contributed by atoms with van der Waals surface area (Å²) in [5.74, 6) is -0.428. The van der Waals surface area contributed by atoms with Crippen molar-refractivity contribution >= 4 is 29.3 Å². The zero-order valence-electron chi connectivity index (χ0n) is 12.4. The van der Waals surface area contributed by atoms with Crippen molar-refractivity contribution in [3.63, 3.8) is 0 Å². The first kappa shape index (κ1) is 15.8. The second-order valence-corrected chi connectivity index (χ2v) is 5.49. The van der Waals surface area contributed by atoms with Crippen molar-refractivity contribution in [1.29, 1.82) is 5.26 Å². The number of benzene rings is 2. The molecule has 0 aliphatic rings. The van der Waals surface area contributed by atoms with E-state index in [-0.39, 0.29) is 5.57 Å². The highest BCUT2D eigenvalue weighted by Crippen LogP contribution is 2.16. The van der Waals surface area contributed by atoms with Crippen molar-refractivity contribution < 1.29 is 4.79 Å². The molecule has 110 valence electrons. The molecule has 1 N–H and O–H groups in total. The summed E-state index contributed by atoms with van der Waals surface area (Å²) in [7, 11) is 0. The normalized spacial score (nSPS) is 10.9. The highest BCUT2D eigenvalue weighted by Gasteiger charge is 2.10. The van der Waals surface area contributed by atoms with Crippen molar-refractivity contribution in [1.82, 2.24) is 0 Å². The van der Waals surface area contributed by atoms with E-state index >= 15 is 0 Å². The third kappa shape index (κ3) is 4.21. The van der Waals surface area contributed by atoms with Crippen LogP contribution in [0.1, 0.15) is 16.7 Å². The minimum atomic E-state index is -0.428. The second kappa shape index (κ2) is 6.93. The Labute approximate surface area is 134 Å². The Balaban J connectivity index is 2.22. The number of aryl methyl sites for hydroxylation is 2. The maximum atomic E-state index is 12.2. The van der Waals surface area contributed by atoms with Gasteiger partial charge in [-0.2, -0.15) is 5.26 Å². The first-order valence-electron chi connectivity index (χ1n) is 6.75. The lowest BCUT2D eigenvalue weighted by Gasteiger charge is -2.07. The maximum absolute atomic E-state index is 12.2. The van der Waals surface area contributed by atoms with E-state index in [1.54, 1.807) is 24.3 Å². The molecule has 0 aromatic heterocycles. The average molecular weight is 311 g/mol. The highest BCUT2D eigenvalue weighted by atomic mass is 35.5. The minimum absolute atomic E-state index is 0.0430. The van der Waals surface area contributed by atoms with Crippen molar-refractivity contribution in [2.24, 2.45) is 0 Å². The van der Waals surface area contributed by atoms with Gasteiger partial charge in [0.2, 0.25) is 0 Å². The molecule has 4 heteroatoms. The van der Waals surface area contributed by atoms with Crippen LogP contribution in [0.2, 0.25) is 5.02 Å². The van der Waals surface area contributed by atoms with Crippen LogP contribution < -0.4 is 5.32 Å². The summed E-state index contributed by atoms with van der Waals surface area (Å²) in [6, 6.07) is 14.6. The Bertz CT molecular complexity index is 750. The van der Waals surface area contributed by atoms with Crippen LogP contribution in [-0.2, 0) is 4.79 Å². The predicted octanol–water partition coefficient (Wildman–Crippen LogP) is 4.50. The predicted molar refractivity (Wildman–Crippen MR) is 89.6 cm³/mol. The Kier molecular flexibility index (Phi) is 4.98. The van der Waals surface area contributed by atoms with Gasteiger partial charge in [-0.3, -0.25) is 4.79 Å². The van der Waals surface area contributed by atoms with Gasteiger partial charge in [-0.15, -0.1) is 0 Å². The number of carbonyl (C=O) groups excluding carboxylic acids is 1. The van der Waals surface area contributed by atoms with Gasteiger partial charge in [0.25, 0.3) is 5.91 Å². The van der Waals surface area contributed by atoms with Gasteiger partial charge in [0.05, 0.1) is 0 Å². The molecular formula is C18H15ClN2O. The van der Waals surface area contributed by atoms with Gasteiger partial charge in [0.1, 0.15) is 11.6 Å². The van der Waals surface area contributed by atoms with Gasteiger partial charge in [-0.25, -0.2) is 0 Å². The molecule has 0 atom stereocenters. The summed E-state index contributed by atoms with van der Waals surface area (Å²) < 4.78 is 0. The number of anilines is 1. The number of hydrogen-bond acceptors (Lipinski definition) is 2. The third-order valence-corrected chi connectivity index (χ3v) is 3.28. The smallest absolute Gasteiger partial charge is 0.266 e. The Morgan fingerprint density at radius 2 is 1.73 bits per heavy atom. The topological polar surface area (TPSA) is 52.9 Å². The van der Waals surface area contributed by atoms with Crippen molar-refractivity contribution in [2.45, 2.75) is 13.8 Å². The second-order valence-electron chi connectivity index (χ2n) is 5.05. The molecule has 0 aliphatic carbocycles. The van der Waals surface area contributed by atoms with Crippen LogP contribution in [0, 0.1) is 25.2 Å². The lowest BCUT2D eigenvalue weighted by Crippen LogP contribution is -2.13. The molecule has 2 aromatic rings. The number of carbonyl (C=O) groups is 1. The lowest BCUT2D eigenvalue weighted by atomic mass is 10.1. The number of nitriles is 1. The van der Waals surface area contributed by atoms with Gasteiger partial charge in [0, 0.05) is 10.7 Å². The molecule has 1 amide bonds. The van der Waals surface area contributed by atoms with E-state index in [9.17, 15) is 10.1 Å². The summed E-state index contributed by atoms with van der Waals surface area (Å²) in [5, 5.41) is 12.6. The fraction of sp³-hybridized carbons (Fsp3) is 0.111. The molecule has 2 aromatic carbocycles. The fourth-order valence-electron chi connectivity index (χ4n) is 2.12. The molecule has 22 heavy (non-hydrogen) atoms. The Morgan fingerprint density at radius 3 is 2.27 bits per heavy atom.